The van der Waals surface area contributed by atoms with Crippen LogP contribution in [-0.4, -0.2) is 55.1 Å². The average Bonchev–Trinajstić information content (AvgIpc) is 2.97. The lowest BCUT2D eigenvalue weighted by atomic mass is 10.1. The Labute approximate surface area is 248 Å². The van der Waals surface area contributed by atoms with Crippen LogP contribution in [0, 0.1) is 21.7 Å². The van der Waals surface area contributed by atoms with Crippen LogP contribution in [0.4, 0.5) is 14.5 Å². The van der Waals surface area contributed by atoms with Crippen molar-refractivity contribution in [3.63, 3.8) is 0 Å². The predicted octanol–water partition coefficient (Wildman–Crippen LogP) is 6.89. The number of allylic oxidation sites excluding steroid dienone is 1. The van der Waals surface area contributed by atoms with Gasteiger partial charge < -0.3 is 9.47 Å². The predicted molar refractivity (Wildman–Crippen MR) is 160 cm³/mol. The summed E-state index contributed by atoms with van der Waals surface area (Å²) < 4.78 is 39.0. The van der Waals surface area contributed by atoms with Crippen molar-refractivity contribution in [2.75, 3.05) is 39.5 Å². The number of hydrogen-bond donors (Lipinski definition) is 0. The number of hydrogen-bond acceptors (Lipinski definition) is 7. The van der Waals surface area contributed by atoms with Gasteiger partial charge in [0.15, 0.2) is 5.78 Å². The normalized spacial score (nSPS) is 14.5. The van der Waals surface area contributed by atoms with E-state index in [0.29, 0.717) is 37.7 Å². The third kappa shape index (κ3) is 8.32. The molecule has 0 aromatic heterocycles. The number of ketones is 1. The molecule has 1 aliphatic rings. The zero-order valence-electron chi connectivity index (χ0n) is 21.5. The summed E-state index contributed by atoms with van der Waals surface area (Å²) in [6.07, 6.45) is 0.871. The largest absolute Gasteiger partial charge is 0.494 e. The first-order valence-corrected chi connectivity index (χ1v) is 14.7. The fourth-order valence-electron chi connectivity index (χ4n) is 4.02. The lowest BCUT2D eigenvalue weighted by Gasteiger charge is -2.26. The lowest BCUT2D eigenvalue weighted by molar-refractivity contribution is -0.387. The zero-order valence-corrected chi connectivity index (χ0v) is 24.5. The Morgan fingerprint density at radius 3 is 2.38 bits per heavy atom. The molecule has 210 valence electrons. The van der Waals surface area contributed by atoms with Crippen LogP contribution in [0.3, 0.4) is 0 Å². The number of halogens is 3. The third-order valence-corrected chi connectivity index (χ3v) is 8.89. The molecule has 0 aliphatic carbocycles. The van der Waals surface area contributed by atoms with Gasteiger partial charge in [-0.3, -0.25) is 19.8 Å². The molecule has 0 amide bonds. The minimum absolute atomic E-state index is 0.289. The van der Waals surface area contributed by atoms with Gasteiger partial charge in [-0.15, -0.1) is 11.8 Å². The first-order chi connectivity index (χ1) is 19.3. The summed E-state index contributed by atoms with van der Waals surface area (Å²) in [5.74, 6) is -0.599. The number of morpholine rings is 1. The maximum Gasteiger partial charge on any atom is 0.305 e. The summed E-state index contributed by atoms with van der Waals surface area (Å²) in [7, 11) is 0. The number of rotatable bonds is 12. The van der Waals surface area contributed by atoms with E-state index in [-0.39, 0.29) is 11.6 Å². The molecule has 1 heterocycles. The molecule has 0 bridgehead atoms. The Bertz CT molecular complexity index is 1360. The molecular formula is C29H27F2IN2O5S. The fourth-order valence-corrected chi connectivity index (χ4v) is 6.07. The van der Waals surface area contributed by atoms with Crippen molar-refractivity contribution < 1.29 is 28.0 Å². The number of benzene rings is 3. The van der Waals surface area contributed by atoms with Crippen molar-refractivity contribution in [3.8, 4) is 5.75 Å². The molecule has 1 fully saturated rings. The van der Waals surface area contributed by atoms with Gasteiger partial charge in [0, 0.05) is 40.6 Å². The molecule has 7 nitrogen and oxygen atoms in total. The van der Waals surface area contributed by atoms with Crippen LogP contribution in [0.1, 0.15) is 27.9 Å². The molecule has 40 heavy (non-hydrogen) atoms. The van der Waals surface area contributed by atoms with Gasteiger partial charge in [-0.25, -0.2) is 4.39 Å². The third-order valence-electron chi connectivity index (χ3n) is 6.21. The highest BCUT2D eigenvalue weighted by Gasteiger charge is 2.22. The van der Waals surface area contributed by atoms with Gasteiger partial charge in [0.2, 0.25) is 5.82 Å². The average molecular weight is 681 g/mol. The van der Waals surface area contributed by atoms with Crippen LogP contribution in [0.25, 0.3) is 3.58 Å². The Balaban J connectivity index is 1.50. The Kier molecular flexibility index (Phi) is 11.0. The highest BCUT2D eigenvalue weighted by Crippen LogP contribution is 2.38. The Morgan fingerprint density at radius 2 is 1.70 bits per heavy atom. The molecule has 1 saturated heterocycles. The van der Waals surface area contributed by atoms with Gasteiger partial charge in [-0.1, -0.05) is 18.2 Å². The number of thioether (sulfide) groups is 1. The SMILES string of the molecule is O=C(C(SCc1ccc(F)cc1)=C(I)c1ccc(F)c([N+](=O)[O-])c1)c1ccc(OCCCN2CCOCC2)cc1. The first kappa shape index (κ1) is 30.1. The second-order valence-corrected chi connectivity index (χ2v) is 11.1. The number of nitro groups is 1. The number of Topliss-reactive ketones (excluding diaryl/α,β-unsaturated/α-hetero) is 1. The highest BCUT2D eigenvalue weighted by molar-refractivity contribution is 14.1. The van der Waals surface area contributed by atoms with Crippen LogP contribution in [0.2, 0.25) is 0 Å². The van der Waals surface area contributed by atoms with E-state index in [0.717, 1.165) is 57.0 Å². The second kappa shape index (κ2) is 14.7. The van der Waals surface area contributed by atoms with E-state index in [4.69, 9.17) is 9.47 Å². The van der Waals surface area contributed by atoms with Crippen molar-refractivity contribution in [3.05, 3.63) is 110 Å². The van der Waals surface area contributed by atoms with Crippen LogP contribution in [-0.2, 0) is 10.5 Å². The van der Waals surface area contributed by atoms with Gasteiger partial charge in [0.1, 0.15) is 11.6 Å². The first-order valence-electron chi connectivity index (χ1n) is 12.6. The standard InChI is InChI=1S/C29H27F2IN2O5S/c30-23-7-2-20(3-8-23)19-40-29(27(32)22-6-11-25(31)26(18-22)34(36)37)28(35)21-4-9-24(10-5-21)39-15-1-12-33-13-16-38-17-14-33/h2-11,18H,1,12-17,19H2. The molecule has 0 spiro atoms. The number of carbonyl (C=O) groups is 1. The molecule has 0 unspecified atom stereocenters. The smallest absolute Gasteiger partial charge is 0.305 e. The molecule has 4 rings (SSSR count). The Hall–Kier alpha value is -2.87. The van der Waals surface area contributed by atoms with Crippen LogP contribution in [0.5, 0.6) is 5.75 Å². The summed E-state index contributed by atoms with van der Waals surface area (Å²) in [4.78, 5) is 26.8. The quantitative estimate of drug-likeness (QED) is 0.0515. The van der Waals surface area contributed by atoms with Crippen LogP contribution in [0.15, 0.2) is 71.6 Å². The summed E-state index contributed by atoms with van der Waals surface area (Å²) in [5.41, 5.74) is 0.890. The summed E-state index contributed by atoms with van der Waals surface area (Å²) in [6.45, 7) is 4.84. The van der Waals surface area contributed by atoms with Crippen LogP contribution >= 0.6 is 34.4 Å². The van der Waals surface area contributed by atoms with Gasteiger partial charge >= 0.3 is 5.69 Å². The van der Waals surface area contributed by atoms with E-state index in [1.165, 1.54) is 30.0 Å². The number of carbonyl (C=O) groups excluding carboxylic acids is 1. The molecule has 11 heteroatoms. The molecular weight excluding hydrogens is 653 g/mol. The summed E-state index contributed by atoms with van der Waals surface area (Å²) in [6, 6.07) is 16.3. The molecule has 3 aromatic carbocycles. The molecule has 0 saturated carbocycles. The molecule has 0 atom stereocenters. The van der Waals surface area contributed by atoms with Gasteiger partial charge in [-0.2, -0.15) is 4.39 Å². The van der Waals surface area contributed by atoms with E-state index in [1.54, 1.807) is 36.4 Å². The van der Waals surface area contributed by atoms with Gasteiger partial charge in [-0.05, 0) is 82.6 Å². The van der Waals surface area contributed by atoms with Gasteiger partial charge in [0.25, 0.3) is 0 Å². The summed E-state index contributed by atoms with van der Waals surface area (Å²) in [5, 5.41) is 11.3. The zero-order chi connectivity index (χ0) is 28.5. The molecule has 1 aliphatic heterocycles. The molecule has 3 aromatic rings. The van der Waals surface area contributed by atoms with Crippen molar-refractivity contribution in [2.24, 2.45) is 0 Å². The van der Waals surface area contributed by atoms with E-state index in [1.807, 2.05) is 22.6 Å². The maximum atomic E-state index is 14.0. The van der Waals surface area contributed by atoms with Crippen molar-refractivity contribution in [1.82, 2.24) is 4.90 Å². The number of nitro benzene ring substituents is 1. The monoisotopic (exact) mass is 680 g/mol. The molecule has 0 N–H and O–H groups in total. The van der Waals surface area contributed by atoms with Crippen molar-refractivity contribution in [1.29, 1.82) is 0 Å². The fraction of sp³-hybridized carbons (Fsp3) is 0.276. The van der Waals surface area contributed by atoms with E-state index >= 15 is 0 Å². The van der Waals surface area contributed by atoms with Gasteiger partial charge in [0.05, 0.1) is 29.6 Å². The lowest BCUT2D eigenvalue weighted by Crippen LogP contribution is -2.37. The van der Waals surface area contributed by atoms with Crippen LogP contribution < -0.4 is 4.74 Å². The summed E-state index contributed by atoms with van der Waals surface area (Å²) >= 11 is 3.19. The topological polar surface area (TPSA) is 81.9 Å². The second-order valence-electron chi connectivity index (χ2n) is 8.99. The van der Waals surface area contributed by atoms with E-state index in [2.05, 4.69) is 4.90 Å². The minimum Gasteiger partial charge on any atom is -0.494 e. The van der Waals surface area contributed by atoms with Crippen molar-refractivity contribution in [2.45, 2.75) is 12.2 Å². The number of nitrogens with zero attached hydrogens (tertiary/aromatic N) is 2. The van der Waals surface area contributed by atoms with E-state index < -0.39 is 16.4 Å². The molecule has 0 radical (unpaired) electrons. The minimum atomic E-state index is -0.953. The Morgan fingerprint density at radius 1 is 1.02 bits per heavy atom. The van der Waals surface area contributed by atoms with Crippen molar-refractivity contribution >= 4 is 49.4 Å². The highest BCUT2D eigenvalue weighted by atomic mass is 127. The van der Waals surface area contributed by atoms with E-state index in [9.17, 15) is 23.7 Å². The maximum absolute atomic E-state index is 14.0. The number of ether oxygens (including phenoxy) is 2.